The Morgan fingerprint density at radius 1 is 1.44 bits per heavy atom. The second-order valence-electron chi connectivity index (χ2n) is 4.76. The molecule has 3 rings (SSSR count). The third-order valence-corrected chi connectivity index (χ3v) is 3.29. The summed E-state index contributed by atoms with van der Waals surface area (Å²) < 4.78 is 19.0. The second-order valence-corrected chi connectivity index (χ2v) is 4.76. The van der Waals surface area contributed by atoms with Crippen molar-refractivity contribution in [1.82, 2.24) is 10.1 Å². The smallest absolute Gasteiger partial charge is 0.260 e. The van der Waals surface area contributed by atoms with E-state index in [0.717, 1.165) is 12.8 Å². The molecule has 0 radical (unpaired) electrons. The zero-order valence-electron chi connectivity index (χ0n) is 10.1. The van der Waals surface area contributed by atoms with Crippen LogP contribution in [-0.4, -0.2) is 10.1 Å². The van der Waals surface area contributed by atoms with Crippen molar-refractivity contribution >= 4 is 0 Å². The van der Waals surface area contributed by atoms with Gasteiger partial charge in [-0.3, -0.25) is 0 Å². The molecule has 0 bridgehead atoms. The first kappa shape index (κ1) is 11.3. The summed E-state index contributed by atoms with van der Waals surface area (Å²) in [5.74, 6) is 0.779. The lowest BCUT2D eigenvalue weighted by atomic mass is 10.1. The van der Waals surface area contributed by atoms with Gasteiger partial charge in [-0.2, -0.15) is 4.98 Å². The van der Waals surface area contributed by atoms with Crippen LogP contribution in [0, 0.1) is 18.7 Å². The highest BCUT2D eigenvalue weighted by Gasteiger charge is 2.32. The monoisotopic (exact) mass is 247 g/mol. The maximum atomic E-state index is 13.9. The van der Waals surface area contributed by atoms with Gasteiger partial charge in [0.05, 0.1) is 11.6 Å². The first-order valence-corrected chi connectivity index (χ1v) is 6.01. The fourth-order valence-electron chi connectivity index (χ4n) is 1.96. The van der Waals surface area contributed by atoms with Crippen LogP contribution < -0.4 is 5.73 Å². The molecule has 2 aromatic rings. The molecule has 1 aromatic heterocycles. The van der Waals surface area contributed by atoms with Gasteiger partial charge in [0, 0.05) is 0 Å². The summed E-state index contributed by atoms with van der Waals surface area (Å²) in [6, 6.07) is 4.89. The topological polar surface area (TPSA) is 64.9 Å². The molecule has 2 N–H and O–H groups in total. The number of halogens is 1. The highest BCUT2D eigenvalue weighted by atomic mass is 19.1. The lowest BCUT2D eigenvalue weighted by Crippen LogP contribution is -2.13. The van der Waals surface area contributed by atoms with Gasteiger partial charge in [0.2, 0.25) is 0 Å². The van der Waals surface area contributed by atoms with Crippen LogP contribution in [0.1, 0.15) is 30.3 Å². The van der Waals surface area contributed by atoms with E-state index in [0.29, 0.717) is 22.9 Å². The van der Waals surface area contributed by atoms with Crippen LogP contribution in [-0.2, 0) is 0 Å². The molecule has 0 spiro atoms. The highest BCUT2D eigenvalue weighted by molar-refractivity contribution is 5.55. The van der Waals surface area contributed by atoms with Crippen molar-refractivity contribution < 1.29 is 8.91 Å². The quantitative estimate of drug-likeness (QED) is 0.905. The van der Waals surface area contributed by atoms with Gasteiger partial charge < -0.3 is 10.3 Å². The van der Waals surface area contributed by atoms with Gasteiger partial charge in [0.15, 0.2) is 5.82 Å². The predicted octanol–water partition coefficient (Wildman–Crippen LogP) is 2.59. The van der Waals surface area contributed by atoms with Crippen LogP contribution in [0.2, 0.25) is 0 Å². The largest absolute Gasteiger partial charge is 0.334 e. The average molecular weight is 247 g/mol. The van der Waals surface area contributed by atoms with E-state index in [1.807, 2.05) is 0 Å². The molecule has 0 saturated heterocycles. The fourth-order valence-corrected chi connectivity index (χ4v) is 1.96. The summed E-state index contributed by atoms with van der Waals surface area (Å²) in [7, 11) is 0. The molecule has 94 valence electrons. The van der Waals surface area contributed by atoms with Gasteiger partial charge in [-0.05, 0) is 37.3 Å². The van der Waals surface area contributed by atoms with Gasteiger partial charge in [0.25, 0.3) is 5.89 Å². The molecule has 0 aliphatic heterocycles. The third-order valence-electron chi connectivity index (χ3n) is 3.29. The van der Waals surface area contributed by atoms with Crippen molar-refractivity contribution in [2.45, 2.75) is 25.8 Å². The summed E-state index contributed by atoms with van der Waals surface area (Å²) in [5, 5.41) is 3.85. The van der Waals surface area contributed by atoms with E-state index in [-0.39, 0.29) is 17.7 Å². The van der Waals surface area contributed by atoms with Crippen molar-refractivity contribution in [2.75, 3.05) is 0 Å². The van der Waals surface area contributed by atoms with Crippen molar-refractivity contribution in [2.24, 2.45) is 11.7 Å². The summed E-state index contributed by atoms with van der Waals surface area (Å²) >= 11 is 0. The lowest BCUT2D eigenvalue weighted by Gasteiger charge is -2.02. The highest BCUT2D eigenvalue weighted by Crippen LogP contribution is 2.38. The van der Waals surface area contributed by atoms with Gasteiger partial charge in [-0.25, -0.2) is 4.39 Å². The minimum atomic E-state index is -0.326. The predicted molar refractivity (Wildman–Crippen MR) is 64.1 cm³/mol. The minimum Gasteiger partial charge on any atom is -0.334 e. The molecule has 4 nitrogen and oxygen atoms in total. The van der Waals surface area contributed by atoms with E-state index in [2.05, 4.69) is 10.1 Å². The Labute approximate surface area is 104 Å². The van der Waals surface area contributed by atoms with Crippen LogP contribution in [0.15, 0.2) is 22.7 Å². The van der Waals surface area contributed by atoms with E-state index in [9.17, 15) is 4.39 Å². The number of aryl methyl sites for hydroxylation is 1. The van der Waals surface area contributed by atoms with Crippen LogP contribution in [0.4, 0.5) is 4.39 Å². The molecule has 5 heteroatoms. The van der Waals surface area contributed by atoms with E-state index in [1.54, 1.807) is 25.1 Å². The van der Waals surface area contributed by atoms with Crippen molar-refractivity contribution in [1.29, 1.82) is 0 Å². The van der Waals surface area contributed by atoms with Gasteiger partial charge >= 0.3 is 0 Å². The first-order valence-electron chi connectivity index (χ1n) is 6.01. The Kier molecular flexibility index (Phi) is 2.63. The molecule has 1 fully saturated rings. The van der Waals surface area contributed by atoms with Gasteiger partial charge in [0.1, 0.15) is 5.82 Å². The molecule has 0 amide bonds. The number of rotatable bonds is 3. The summed E-state index contributed by atoms with van der Waals surface area (Å²) in [5.41, 5.74) is 6.87. The number of nitrogens with two attached hydrogens (primary N) is 1. The Hall–Kier alpha value is -1.75. The normalized spacial score (nSPS) is 16.8. The molecule has 1 heterocycles. The molecule has 1 unspecified atom stereocenters. The minimum absolute atomic E-state index is 0.197. The molecule has 18 heavy (non-hydrogen) atoms. The second kappa shape index (κ2) is 4.17. The fraction of sp³-hybridized carbons (Fsp3) is 0.385. The zero-order chi connectivity index (χ0) is 12.7. The van der Waals surface area contributed by atoms with Crippen molar-refractivity contribution in [3.63, 3.8) is 0 Å². The SMILES string of the molecule is Cc1cccc(-c2nc(C(N)C3CC3)no2)c1F. The molecular formula is C13H14FN3O. The molecule has 1 aliphatic carbocycles. The molecule has 1 saturated carbocycles. The van der Waals surface area contributed by atoms with E-state index in [1.165, 1.54) is 0 Å². The Bertz CT molecular complexity index is 577. The van der Waals surface area contributed by atoms with Crippen molar-refractivity contribution in [3.8, 4) is 11.5 Å². The van der Waals surface area contributed by atoms with Gasteiger partial charge in [-0.15, -0.1) is 0 Å². The van der Waals surface area contributed by atoms with Crippen LogP contribution in [0.3, 0.4) is 0 Å². The molecule has 1 atom stereocenters. The van der Waals surface area contributed by atoms with E-state index in [4.69, 9.17) is 10.3 Å². The Morgan fingerprint density at radius 3 is 2.94 bits per heavy atom. The number of hydrogen-bond donors (Lipinski definition) is 1. The van der Waals surface area contributed by atoms with Crippen LogP contribution in [0.25, 0.3) is 11.5 Å². The number of benzene rings is 1. The Morgan fingerprint density at radius 2 is 2.22 bits per heavy atom. The number of hydrogen-bond acceptors (Lipinski definition) is 4. The lowest BCUT2D eigenvalue weighted by molar-refractivity contribution is 0.409. The van der Waals surface area contributed by atoms with E-state index >= 15 is 0 Å². The van der Waals surface area contributed by atoms with Crippen molar-refractivity contribution in [3.05, 3.63) is 35.4 Å². The Balaban J connectivity index is 1.94. The maximum absolute atomic E-state index is 13.9. The number of nitrogens with zero attached hydrogens (tertiary/aromatic N) is 2. The average Bonchev–Trinajstić information content (AvgIpc) is 3.10. The van der Waals surface area contributed by atoms with Crippen LogP contribution in [0.5, 0.6) is 0 Å². The number of aromatic nitrogens is 2. The third kappa shape index (κ3) is 1.90. The zero-order valence-corrected chi connectivity index (χ0v) is 10.1. The standard InChI is InChI=1S/C13H14FN3O/c1-7-3-2-4-9(10(7)14)13-16-12(17-18-13)11(15)8-5-6-8/h2-4,8,11H,5-6,15H2,1H3. The summed E-state index contributed by atoms with van der Waals surface area (Å²) in [4.78, 5) is 4.20. The summed E-state index contributed by atoms with van der Waals surface area (Å²) in [6.07, 6.45) is 2.20. The molecule has 1 aromatic carbocycles. The van der Waals surface area contributed by atoms with Gasteiger partial charge in [-0.1, -0.05) is 17.3 Å². The molecular weight excluding hydrogens is 233 g/mol. The van der Waals surface area contributed by atoms with Crippen LogP contribution >= 0.6 is 0 Å². The van der Waals surface area contributed by atoms with E-state index < -0.39 is 0 Å². The first-order chi connectivity index (χ1) is 8.66. The summed E-state index contributed by atoms with van der Waals surface area (Å²) in [6.45, 7) is 1.70. The molecule has 1 aliphatic rings. The maximum Gasteiger partial charge on any atom is 0.260 e.